The van der Waals surface area contributed by atoms with Crippen molar-refractivity contribution in [2.24, 2.45) is 4.99 Å². The number of para-hydroxylation sites is 1. The maximum Gasteiger partial charge on any atom is 0.344 e. The van der Waals surface area contributed by atoms with Crippen LogP contribution >= 0.6 is 11.8 Å². The molecule has 7 nitrogen and oxygen atoms in total. The number of aliphatic imine (C=N–C) groups is 1. The summed E-state index contributed by atoms with van der Waals surface area (Å²) < 4.78 is 15.4. The van der Waals surface area contributed by atoms with Crippen molar-refractivity contribution in [3.8, 4) is 17.2 Å². The molecule has 0 radical (unpaired) electrons. The van der Waals surface area contributed by atoms with E-state index in [-0.39, 0.29) is 35.2 Å². The first-order valence-corrected chi connectivity index (χ1v) is 9.89. The third-order valence-electron chi connectivity index (χ3n) is 4.16. The van der Waals surface area contributed by atoms with Gasteiger partial charge in [0.2, 0.25) is 5.75 Å². The van der Waals surface area contributed by atoms with Crippen molar-refractivity contribution < 1.29 is 29.2 Å². The number of methoxy groups -OCH3 is 2. The molecule has 0 saturated heterocycles. The largest absolute Gasteiger partial charge is 0.506 e. The number of nitrogens with zero attached hydrogens (tertiary/aromatic N) is 1. The van der Waals surface area contributed by atoms with E-state index in [9.17, 15) is 15.0 Å². The summed E-state index contributed by atoms with van der Waals surface area (Å²) in [5.74, 6) is -0.562. The lowest BCUT2D eigenvalue weighted by Crippen LogP contribution is -2.12. The van der Waals surface area contributed by atoms with E-state index in [4.69, 9.17) is 14.2 Å². The van der Waals surface area contributed by atoms with Gasteiger partial charge in [0.05, 0.1) is 31.4 Å². The highest BCUT2D eigenvalue weighted by Crippen LogP contribution is 2.42. The molecular weight excluding hydrogens is 406 g/mol. The topological polar surface area (TPSA) is 97.6 Å². The monoisotopic (exact) mass is 427 g/mol. The normalized spacial score (nSPS) is 16.2. The molecule has 1 aliphatic heterocycles. The number of phenolic OH excluding ortho intramolecular Hbond substituents is 1. The van der Waals surface area contributed by atoms with Gasteiger partial charge < -0.3 is 24.4 Å². The molecule has 0 atom stereocenters. The van der Waals surface area contributed by atoms with Crippen molar-refractivity contribution in [3.63, 3.8) is 0 Å². The van der Waals surface area contributed by atoms with Gasteiger partial charge in [-0.25, -0.2) is 9.79 Å². The Kier molecular flexibility index (Phi) is 6.68. The quantitative estimate of drug-likeness (QED) is 0.650. The summed E-state index contributed by atoms with van der Waals surface area (Å²) in [5.41, 5.74) is 1.25. The Hall–Kier alpha value is -3.39. The minimum absolute atomic E-state index is 0.00895. The molecule has 3 rings (SSSR count). The lowest BCUT2D eigenvalue weighted by atomic mass is 10.1. The van der Waals surface area contributed by atoms with Gasteiger partial charge in [0.1, 0.15) is 16.4 Å². The second-order valence-electron chi connectivity index (χ2n) is 6.08. The SMILES string of the molecule is CCOC(=O)C1=C(O)C(=Cc2cc(OC)c(O)c(OC)c2)SC1=Nc1ccccc1. The molecule has 0 unspecified atom stereocenters. The number of aliphatic hydroxyl groups excluding tert-OH is 1. The van der Waals surface area contributed by atoms with Crippen molar-refractivity contribution in [2.75, 3.05) is 20.8 Å². The van der Waals surface area contributed by atoms with E-state index < -0.39 is 5.97 Å². The van der Waals surface area contributed by atoms with Crippen LogP contribution in [0.4, 0.5) is 5.69 Å². The van der Waals surface area contributed by atoms with Crippen LogP contribution in [0.25, 0.3) is 6.08 Å². The minimum Gasteiger partial charge on any atom is -0.506 e. The first-order chi connectivity index (χ1) is 14.5. The number of esters is 1. The molecule has 30 heavy (non-hydrogen) atoms. The predicted molar refractivity (Wildman–Crippen MR) is 117 cm³/mol. The van der Waals surface area contributed by atoms with Gasteiger partial charge in [0.15, 0.2) is 11.5 Å². The van der Waals surface area contributed by atoms with Gasteiger partial charge in [-0.1, -0.05) is 30.0 Å². The molecule has 0 aromatic heterocycles. The molecule has 2 aromatic carbocycles. The van der Waals surface area contributed by atoms with Crippen LogP contribution in [0.15, 0.2) is 63.7 Å². The van der Waals surface area contributed by atoms with Crippen LogP contribution in [0.2, 0.25) is 0 Å². The van der Waals surface area contributed by atoms with E-state index in [0.29, 0.717) is 21.2 Å². The smallest absolute Gasteiger partial charge is 0.344 e. The Labute approximate surface area is 178 Å². The minimum atomic E-state index is -0.651. The average Bonchev–Trinajstić information content (AvgIpc) is 3.04. The molecule has 0 spiro atoms. The Morgan fingerprint density at radius 3 is 2.30 bits per heavy atom. The van der Waals surface area contributed by atoms with Gasteiger partial charge in [-0.3, -0.25) is 0 Å². The van der Waals surface area contributed by atoms with E-state index in [2.05, 4.69) is 4.99 Å². The maximum atomic E-state index is 12.5. The average molecular weight is 427 g/mol. The zero-order chi connectivity index (χ0) is 21.7. The highest BCUT2D eigenvalue weighted by molar-refractivity contribution is 8.18. The van der Waals surface area contributed by atoms with Crippen molar-refractivity contribution in [2.45, 2.75) is 6.92 Å². The van der Waals surface area contributed by atoms with Crippen molar-refractivity contribution in [1.29, 1.82) is 0 Å². The highest BCUT2D eigenvalue weighted by atomic mass is 32.2. The summed E-state index contributed by atoms with van der Waals surface area (Å²) in [7, 11) is 2.85. The third-order valence-corrected chi connectivity index (χ3v) is 5.18. The summed E-state index contributed by atoms with van der Waals surface area (Å²) in [5, 5.41) is 21.2. The lowest BCUT2D eigenvalue weighted by Gasteiger charge is -2.10. The van der Waals surface area contributed by atoms with E-state index >= 15 is 0 Å². The summed E-state index contributed by atoms with van der Waals surface area (Å²) in [4.78, 5) is 17.4. The Morgan fingerprint density at radius 1 is 1.10 bits per heavy atom. The second-order valence-corrected chi connectivity index (χ2v) is 7.11. The lowest BCUT2D eigenvalue weighted by molar-refractivity contribution is -0.138. The first-order valence-electron chi connectivity index (χ1n) is 9.07. The zero-order valence-electron chi connectivity index (χ0n) is 16.7. The van der Waals surface area contributed by atoms with Crippen LogP contribution in [0.5, 0.6) is 17.2 Å². The fourth-order valence-electron chi connectivity index (χ4n) is 2.76. The van der Waals surface area contributed by atoms with E-state index in [1.54, 1.807) is 37.3 Å². The van der Waals surface area contributed by atoms with E-state index in [1.165, 1.54) is 14.2 Å². The van der Waals surface area contributed by atoms with Crippen molar-refractivity contribution >= 4 is 34.5 Å². The molecule has 0 aliphatic carbocycles. The molecule has 0 saturated carbocycles. The molecule has 1 aliphatic rings. The Bertz CT molecular complexity index is 1020. The number of benzene rings is 2. The number of thioether (sulfide) groups is 1. The molecule has 2 N–H and O–H groups in total. The van der Waals surface area contributed by atoms with Crippen LogP contribution in [0.1, 0.15) is 12.5 Å². The Morgan fingerprint density at radius 2 is 1.73 bits per heavy atom. The van der Waals surface area contributed by atoms with Crippen LogP contribution in [-0.4, -0.2) is 42.1 Å². The van der Waals surface area contributed by atoms with Gasteiger partial charge in [-0.2, -0.15) is 0 Å². The number of hydrogen-bond acceptors (Lipinski definition) is 8. The first kappa shape index (κ1) is 21.3. The standard InChI is InChI=1S/C22H21NO6S/c1-4-29-22(26)18-20(25)17(30-21(18)23-14-8-6-5-7-9-14)12-13-10-15(27-2)19(24)16(11-13)28-3/h5-12,24-25H,4H2,1-3H3. The number of hydrogen-bond donors (Lipinski definition) is 2. The number of carbonyl (C=O) groups excluding carboxylic acids is 1. The second kappa shape index (κ2) is 9.41. The van der Waals surface area contributed by atoms with Crippen molar-refractivity contribution in [1.82, 2.24) is 0 Å². The molecule has 0 bridgehead atoms. The fourth-order valence-corrected chi connectivity index (χ4v) is 3.80. The van der Waals surface area contributed by atoms with E-state index in [0.717, 1.165) is 11.8 Å². The summed E-state index contributed by atoms with van der Waals surface area (Å²) in [6.07, 6.45) is 1.65. The van der Waals surface area contributed by atoms with Gasteiger partial charge in [0.25, 0.3) is 0 Å². The molecule has 156 valence electrons. The zero-order valence-corrected chi connectivity index (χ0v) is 17.5. The third kappa shape index (κ3) is 4.44. The molecule has 0 fully saturated rings. The van der Waals surface area contributed by atoms with Gasteiger partial charge in [0, 0.05) is 0 Å². The number of carbonyl (C=O) groups is 1. The van der Waals surface area contributed by atoms with Crippen LogP contribution in [-0.2, 0) is 9.53 Å². The van der Waals surface area contributed by atoms with Gasteiger partial charge >= 0.3 is 5.97 Å². The van der Waals surface area contributed by atoms with Crippen LogP contribution in [0, 0.1) is 0 Å². The molecule has 2 aromatic rings. The van der Waals surface area contributed by atoms with Gasteiger partial charge in [-0.05, 0) is 42.8 Å². The highest BCUT2D eigenvalue weighted by Gasteiger charge is 2.33. The number of rotatable bonds is 6. The van der Waals surface area contributed by atoms with Crippen LogP contribution < -0.4 is 9.47 Å². The fraction of sp³-hybridized carbons (Fsp3) is 0.182. The summed E-state index contributed by atoms with van der Waals surface area (Å²) >= 11 is 1.14. The summed E-state index contributed by atoms with van der Waals surface area (Å²) in [6.45, 7) is 1.86. The number of aliphatic hydroxyl groups is 1. The molecule has 8 heteroatoms. The van der Waals surface area contributed by atoms with Gasteiger partial charge in [-0.15, -0.1) is 0 Å². The molecular formula is C22H21NO6S. The van der Waals surface area contributed by atoms with Crippen LogP contribution in [0.3, 0.4) is 0 Å². The van der Waals surface area contributed by atoms with Crippen molar-refractivity contribution in [3.05, 3.63) is 64.3 Å². The summed E-state index contributed by atoms with van der Waals surface area (Å²) in [6, 6.07) is 12.3. The Balaban J connectivity index is 2.08. The predicted octanol–water partition coefficient (Wildman–Crippen LogP) is 4.60. The number of phenols is 1. The number of ether oxygens (including phenoxy) is 3. The maximum absolute atomic E-state index is 12.5. The molecule has 0 amide bonds. The number of aromatic hydroxyl groups is 1. The van der Waals surface area contributed by atoms with E-state index in [1.807, 2.05) is 18.2 Å². The molecule has 1 heterocycles.